The summed E-state index contributed by atoms with van der Waals surface area (Å²) in [5, 5.41) is 4.49. The molecule has 27 heavy (non-hydrogen) atoms. The SMILES string of the molecule is CCN1CCN(S(=O)(=O)c2c(C)nn(CC(C)C)c2C)CC1c1ncc[nH]1. The predicted octanol–water partition coefficient (Wildman–Crippen LogP) is 1.95. The molecule has 0 radical (unpaired) electrons. The molecule has 0 spiro atoms. The summed E-state index contributed by atoms with van der Waals surface area (Å²) in [4.78, 5) is 10.1. The van der Waals surface area contributed by atoms with Crippen LogP contribution in [0.3, 0.4) is 0 Å². The molecular formula is C18H30N6O2S. The van der Waals surface area contributed by atoms with E-state index >= 15 is 0 Å². The number of H-pyrrole nitrogens is 1. The molecule has 0 aliphatic carbocycles. The Morgan fingerprint density at radius 1 is 1.30 bits per heavy atom. The van der Waals surface area contributed by atoms with E-state index < -0.39 is 10.0 Å². The van der Waals surface area contributed by atoms with E-state index in [-0.39, 0.29) is 6.04 Å². The summed E-state index contributed by atoms with van der Waals surface area (Å²) in [6.45, 7) is 13.0. The molecular weight excluding hydrogens is 364 g/mol. The van der Waals surface area contributed by atoms with E-state index in [1.807, 2.05) is 11.6 Å². The number of imidazole rings is 1. The van der Waals surface area contributed by atoms with Crippen LogP contribution in [0.1, 0.15) is 44.0 Å². The van der Waals surface area contributed by atoms with Gasteiger partial charge in [-0.2, -0.15) is 9.40 Å². The van der Waals surface area contributed by atoms with E-state index in [4.69, 9.17) is 0 Å². The van der Waals surface area contributed by atoms with Gasteiger partial charge in [0, 0.05) is 38.6 Å². The fourth-order valence-corrected chi connectivity index (χ4v) is 5.63. The average Bonchev–Trinajstić information content (AvgIpc) is 3.22. The molecule has 0 bridgehead atoms. The lowest BCUT2D eigenvalue weighted by molar-refractivity contribution is 0.119. The lowest BCUT2D eigenvalue weighted by Gasteiger charge is -2.39. The molecule has 2 aromatic rings. The maximum absolute atomic E-state index is 13.5. The van der Waals surface area contributed by atoms with Crippen molar-refractivity contribution in [3.8, 4) is 0 Å². The number of nitrogens with one attached hydrogen (secondary N) is 1. The Morgan fingerprint density at radius 2 is 2.04 bits per heavy atom. The van der Waals surface area contributed by atoms with E-state index in [0.29, 0.717) is 48.4 Å². The van der Waals surface area contributed by atoms with Crippen LogP contribution in [0.4, 0.5) is 0 Å². The van der Waals surface area contributed by atoms with Gasteiger partial charge in [0.2, 0.25) is 10.0 Å². The Bertz CT molecular complexity index is 872. The average molecular weight is 395 g/mol. The molecule has 8 nitrogen and oxygen atoms in total. The lowest BCUT2D eigenvalue weighted by Crippen LogP contribution is -2.50. The fourth-order valence-electron chi connectivity index (χ4n) is 3.82. The molecule has 0 amide bonds. The van der Waals surface area contributed by atoms with Crippen LogP contribution < -0.4 is 0 Å². The van der Waals surface area contributed by atoms with Crippen molar-refractivity contribution in [3.05, 3.63) is 29.6 Å². The number of hydrogen-bond donors (Lipinski definition) is 1. The van der Waals surface area contributed by atoms with Crippen molar-refractivity contribution in [2.75, 3.05) is 26.2 Å². The molecule has 1 aliphatic rings. The zero-order valence-electron chi connectivity index (χ0n) is 16.8. The van der Waals surface area contributed by atoms with E-state index in [1.165, 1.54) is 0 Å². The normalized spacial score (nSPS) is 19.9. The van der Waals surface area contributed by atoms with E-state index in [2.05, 4.69) is 40.7 Å². The van der Waals surface area contributed by atoms with E-state index in [0.717, 1.165) is 12.4 Å². The maximum Gasteiger partial charge on any atom is 0.246 e. The molecule has 1 saturated heterocycles. The van der Waals surface area contributed by atoms with Crippen LogP contribution in [0.15, 0.2) is 17.3 Å². The minimum Gasteiger partial charge on any atom is -0.347 e. The van der Waals surface area contributed by atoms with Gasteiger partial charge >= 0.3 is 0 Å². The molecule has 1 aliphatic heterocycles. The van der Waals surface area contributed by atoms with Crippen LogP contribution in [0, 0.1) is 19.8 Å². The van der Waals surface area contributed by atoms with Crippen molar-refractivity contribution >= 4 is 10.0 Å². The zero-order valence-corrected chi connectivity index (χ0v) is 17.6. The van der Waals surface area contributed by atoms with Crippen LogP contribution in [-0.2, 0) is 16.6 Å². The Morgan fingerprint density at radius 3 is 2.63 bits per heavy atom. The van der Waals surface area contributed by atoms with Gasteiger partial charge in [-0.05, 0) is 26.3 Å². The van der Waals surface area contributed by atoms with Crippen LogP contribution >= 0.6 is 0 Å². The summed E-state index contributed by atoms with van der Waals surface area (Å²) < 4.78 is 30.3. The topological polar surface area (TPSA) is 87.1 Å². The molecule has 3 heterocycles. The van der Waals surface area contributed by atoms with Crippen molar-refractivity contribution < 1.29 is 8.42 Å². The van der Waals surface area contributed by atoms with Gasteiger partial charge < -0.3 is 4.98 Å². The third-order valence-electron chi connectivity index (χ3n) is 5.15. The van der Waals surface area contributed by atoms with Gasteiger partial charge in [0.1, 0.15) is 10.7 Å². The van der Waals surface area contributed by atoms with Gasteiger partial charge in [-0.15, -0.1) is 0 Å². The second-order valence-electron chi connectivity index (χ2n) is 7.56. The summed E-state index contributed by atoms with van der Waals surface area (Å²) in [5.41, 5.74) is 1.29. The minimum atomic E-state index is -3.61. The number of nitrogens with zero attached hydrogens (tertiary/aromatic N) is 5. The van der Waals surface area contributed by atoms with Crippen LogP contribution in [0.25, 0.3) is 0 Å². The number of aromatic nitrogens is 4. The number of rotatable bonds is 6. The monoisotopic (exact) mass is 394 g/mol. The first-order valence-corrected chi connectivity index (χ1v) is 11.0. The Hall–Kier alpha value is -1.71. The summed E-state index contributed by atoms with van der Waals surface area (Å²) in [7, 11) is -3.61. The highest BCUT2D eigenvalue weighted by molar-refractivity contribution is 7.89. The Balaban J connectivity index is 1.92. The van der Waals surface area contributed by atoms with Crippen LogP contribution in [0.2, 0.25) is 0 Å². The first kappa shape index (κ1) is 20.0. The summed E-state index contributed by atoms with van der Waals surface area (Å²) in [6.07, 6.45) is 3.49. The van der Waals surface area contributed by atoms with Crippen molar-refractivity contribution in [2.45, 2.75) is 52.1 Å². The van der Waals surface area contributed by atoms with Crippen LogP contribution in [0.5, 0.6) is 0 Å². The number of piperazine rings is 1. The second kappa shape index (κ2) is 7.73. The van der Waals surface area contributed by atoms with Gasteiger partial charge in [-0.3, -0.25) is 9.58 Å². The number of likely N-dealkylation sites (N-methyl/N-ethyl adjacent to an activating group) is 1. The molecule has 1 atom stereocenters. The molecule has 3 rings (SSSR count). The predicted molar refractivity (Wildman–Crippen MR) is 104 cm³/mol. The van der Waals surface area contributed by atoms with Crippen molar-refractivity contribution in [1.82, 2.24) is 29.0 Å². The van der Waals surface area contributed by atoms with Gasteiger partial charge in [0.05, 0.1) is 17.4 Å². The lowest BCUT2D eigenvalue weighted by atomic mass is 10.2. The number of aryl methyl sites for hydroxylation is 1. The second-order valence-corrected chi connectivity index (χ2v) is 9.43. The zero-order chi connectivity index (χ0) is 19.8. The van der Waals surface area contributed by atoms with E-state index in [9.17, 15) is 8.42 Å². The number of aromatic amines is 1. The third-order valence-corrected chi connectivity index (χ3v) is 7.26. The molecule has 1 N–H and O–H groups in total. The van der Waals surface area contributed by atoms with Gasteiger partial charge in [-0.1, -0.05) is 20.8 Å². The summed E-state index contributed by atoms with van der Waals surface area (Å²) in [6, 6.07) is -0.0696. The highest BCUT2D eigenvalue weighted by atomic mass is 32.2. The molecule has 0 saturated carbocycles. The molecule has 1 fully saturated rings. The van der Waals surface area contributed by atoms with Crippen LogP contribution in [-0.4, -0.2) is 63.6 Å². The Kier molecular flexibility index (Phi) is 5.73. The van der Waals surface area contributed by atoms with Gasteiger partial charge in [0.15, 0.2) is 0 Å². The first-order valence-electron chi connectivity index (χ1n) is 9.53. The largest absolute Gasteiger partial charge is 0.347 e. The number of sulfonamides is 1. The van der Waals surface area contributed by atoms with Gasteiger partial charge in [0.25, 0.3) is 0 Å². The molecule has 150 valence electrons. The van der Waals surface area contributed by atoms with Crippen molar-refractivity contribution in [3.63, 3.8) is 0 Å². The standard InChI is InChI=1S/C18H30N6O2S/c1-6-22-9-10-23(12-16(22)18-19-7-8-20-18)27(25,26)17-14(4)21-24(15(17)5)11-13(2)3/h7-8,13,16H,6,9-12H2,1-5H3,(H,19,20). The highest BCUT2D eigenvalue weighted by Gasteiger charge is 2.38. The highest BCUT2D eigenvalue weighted by Crippen LogP contribution is 2.29. The molecule has 9 heteroatoms. The Labute approximate surface area is 161 Å². The first-order chi connectivity index (χ1) is 12.8. The summed E-state index contributed by atoms with van der Waals surface area (Å²) in [5.74, 6) is 1.20. The fraction of sp³-hybridized carbons (Fsp3) is 0.667. The van der Waals surface area contributed by atoms with Gasteiger partial charge in [-0.25, -0.2) is 13.4 Å². The van der Waals surface area contributed by atoms with Crippen molar-refractivity contribution in [1.29, 1.82) is 0 Å². The molecule has 1 unspecified atom stereocenters. The smallest absolute Gasteiger partial charge is 0.246 e. The molecule has 2 aromatic heterocycles. The van der Waals surface area contributed by atoms with Crippen molar-refractivity contribution in [2.24, 2.45) is 5.92 Å². The number of hydrogen-bond acceptors (Lipinski definition) is 5. The molecule has 0 aromatic carbocycles. The maximum atomic E-state index is 13.5. The summed E-state index contributed by atoms with van der Waals surface area (Å²) >= 11 is 0. The third kappa shape index (κ3) is 3.81. The van der Waals surface area contributed by atoms with E-state index in [1.54, 1.807) is 23.6 Å². The minimum absolute atomic E-state index is 0.0696. The quantitative estimate of drug-likeness (QED) is 0.809.